The molecule has 0 aliphatic rings. The second-order valence-corrected chi connectivity index (χ2v) is 25.5. The van der Waals surface area contributed by atoms with E-state index >= 15 is 0 Å². The van der Waals surface area contributed by atoms with Crippen molar-refractivity contribution in [3.8, 4) is 0 Å². The van der Waals surface area contributed by atoms with Crippen molar-refractivity contribution < 1.29 is 25.9 Å². The molecule has 432 valence electrons. The van der Waals surface area contributed by atoms with E-state index in [1.165, 1.54) is 229 Å². The minimum atomic E-state index is -4.52. The van der Waals surface area contributed by atoms with E-state index in [4.69, 9.17) is 0 Å². The van der Waals surface area contributed by atoms with E-state index in [0.717, 1.165) is 62.1 Å². The van der Waals surface area contributed by atoms with Gasteiger partial charge in [0, 0.05) is 0 Å². The number of rotatable bonds is 46. The zero-order valence-electron chi connectivity index (χ0n) is 49.9. The Morgan fingerprint density at radius 1 is 0.286 bits per heavy atom. The third kappa shape index (κ3) is 32.1. The fraction of sp³-hybridized carbons (Fsp3) is 0.706. The molecule has 4 aromatic carbocycles. The zero-order valence-corrected chi connectivity index (χ0v) is 53.7. The van der Waals surface area contributed by atoms with Crippen LogP contribution in [-0.2, 0) is 45.9 Å². The van der Waals surface area contributed by atoms with Gasteiger partial charge in [0.05, 0.1) is 9.79 Å². The van der Waals surface area contributed by atoms with E-state index < -0.39 is 20.2 Å². The minimum absolute atomic E-state index is 0. The maximum Gasteiger partial charge on any atom is 2.00 e. The molecule has 0 aromatic heterocycles. The quantitative estimate of drug-likeness (QED) is 0.0247. The standard InChI is InChI=1S/2C34H56O3S.Ca/c2*1-3-5-7-9-11-13-15-17-19-21-23-30-25-28-33-32(29-30)27-26-31(34(33)38(35,36)37)24-22-20-18-16-14-12-10-8-6-4-2;/h2*25-29H,3-24H2,1-2H3,(H,35,36,37);/q;;+2/p-2. The maximum absolute atomic E-state index is 12.2. The first-order valence-corrected chi connectivity index (χ1v) is 34.8. The molecule has 0 unspecified atom stereocenters. The van der Waals surface area contributed by atoms with Crippen molar-refractivity contribution in [2.75, 3.05) is 0 Å². The van der Waals surface area contributed by atoms with Crippen LogP contribution < -0.4 is 0 Å². The number of benzene rings is 4. The van der Waals surface area contributed by atoms with Crippen molar-refractivity contribution in [1.82, 2.24) is 0 Å². The summed E-state index contributed by atoms with van der Waals surface area (Å²) in [7, 11) is -9.05. The monoisotopic (exact) mass is 1130 g/mol. The third-order valence-electron chi connectivity index (χ3n) is 16.0. The molecule has 0 aliphatic carbocycles. The molecule has 0 heterocycles. The van der Waals surface area contributed by atoms with Crippen LogP contribution in [0.15, 0.2) is 70.5 Å². The fourth-order valence-corrected chi connectivity index (χ4v) is 13.2. The smallest absolute Gasteiger partial charge is 0.744 e. The molecular weight excluding hydrogens is 1020 g/mol. The number of aryl methyl sites for hydroxylation is 4. The van der Waals surface area contributed by atoms with Crippen LogP contribution in [0.2, 0.25) is 0 Å². The largest absolute Gasteiger partial charge is 2.00 e. The molecule has 4 aromatic rings. The molecule has 77 heavy (non-hydrogen) atoms. The van der Waals surface area contributed by atoms with Crippen molar-refractivity contribution in [3.05, 3.63) is 82.9 Å². The average molecular weight is 1130 g/mol. The van der Waals surface area contributed by atoms with Crippen LogP contribution in [0.1, 0.15) is 307 Å². The molecule has 4 rings (SSSR count). The van der Waals surface area contributed by atoms with Gasteiger partial charge in [-0.15, -0.1) is 0 Å². The van der Waals surface area contributed by atoms with Gasteiger partial charge in [-0.05, 0) is 95.2 Å². The summed E-state index contributed by atoms with van der Waals surface area (Å²) in [5.74, 6) is 0. The molecule has 0 spiro atoms. The Labute approximate surface area is 504 Å². The fourth-order valence-electron chi connectivity index (χ4n) is 11.3. The molecule has 0 fully saturated rings. The van der Waals surface area contributed by atoms with E-state index in [-0.39, 0.29) is 47.5 Å². The first-order chi connectivity index (χ1) is 36.9. The van der Waals surface area contributed by atoms with Gasteiger partial charge in [0.2, 0.25) is 0 Å². The number of unbranched alkanes of at least 4 members (excludes halogenated alkanes) is 36. The van der Waals surface area contributed by atoms with Crippen LogP contribution in [0, 0.1) is 0 Å². The topological polar surface area (TPSA) is 114 Å². The summed E-state index contributed by atoms with van der Waals surface area (Å²) in [4.78, 5) is 0.0211. The molecule has 0 N–H and O–H groups in total. The van der Waals surface area contributed by atoms with E-state index in [2.05, 4.69) is 39.8 Å². The van der Waals surface area contributed by atoms with Crippen molar-refractivity contribution in [2.45, 2.75) is 320 Å². The van der Waals surface area contributed by atoms with E-state index in [1.807, 2.05) is 48.5 Å². The molecule has 0 bridgehead atoms. The van der Waals surface area contributed by atoms with Gasteiger partial charge in [-0.1, -0.05) is 320 Å². The van der Waals surface area contributed by atoms with Gasteiger partial charge in [0.25, 0.3) is 0 Å². The normalized spacial score (nSPS) is 11.8. The van der Waals surface area contributed by atoms with E-state index in [1.54, 1.807) is 0 Å². The molecule has 6 nitrogen and oxygen atoms in total. The van der Waals surface area contributed by atoms with Crippen LogP contribution >= 0.6 is 0 Å². The Morgan fingerprint density at radius 3 is 0.740 bits per heavy atom. The third-order valence-corrected chi connectivity index (χ3v) is 17.9. The van der Waals surface area contributed by atoms with Gasteiger partial charge < -0.3 is 9.11 Å². The predicted octanol–water partition coefficient (Wildman–Crippen LogP) is 21.0. The van der Waals surface area contributed by atoms with Gasteiger partial charge in [-0.25, -0.2) is 16.8 Å². The van der Waals surface area contributed by atoms with Crippen LogP contribution in [0.25, 0.3) is 21.5 Å². The molecule has 0 aliphatic heterocycles. The second kappa shape index (κ2) is 45.1. The summed E-state index contributed by atoms with van der Waals surface area (Å²) in [5, 5.41) is 2.93. The number of hydrogen-bond acceptors (Lipinski definition) is 6. The van der Waals surface area contributed by atoms with Crippen LogP contribution in [0.5, 0.6) is 0 Å². The van der Waals surface area contributed by atoms with Gasteiger partial charge >= 0.3 is 37.7 Å². The maximum atomic E-state index is 12.2. The van der Waals surface area contributed by atoms with Crippen LogP contribution in [0.4, 0.5) is 0 Å². The van der Waals surface area contributed by atoms with Crippen molar-refractivity contribution in [2.24, 2.45) is 0 Å². The number of fused-ring (bicyclic) bond motifs is 2. The molecule has 0 saturated heterocycles. The van der Waals surface area contributed by atoms with Crippen LogP contribution in [0.3, 0.4) is 0 Å². The summed E-state index contributed by atoms with van der Waals surface area (Å²) in [6.07, 6.45) is 54.5. The summed E-state index contributed by atoms with van der Waals surface area (Å²) in [6, 6.07) is 19.7. The van der Waals surface area contributed by atoms with Crippen molar-refractivity contribution >= 4 is 79.5 Å². The predicted molar refractivity (Wildman–Crippen MR) is 332 cm³/mol. The van der Waals surface area contributed by atoms with Gasteiger partial charge in [-0.2, -0.15) is 0 Å². The van der Waals surface area contributed by atoms with Gasteiger partial charge in [0.1, 0.15) is 20.2 Å². The minimum Gasteiger partial charge on any atom is -0.744 e. The SMILES string of the molecule is CCCCCCCCCCCCc1ccc2c(S(=O)(=O)[O-])c(CCCCCCCCCCCC)ccc2c1.CCCCCCCCCCCCc1ccc2c(S(=O)(=O)[O-])c(CCCCCCCCCCCC)ccc2c1.[Ca+2]. The van der Waals surface area contributed by atoms with Gasteiger partial charge in [0.15, 0.2) is 0 Å². The Balaban J connectivity index is 0.000000520. The Bertz CT molecular complexity index is 2160. The Kier molecular flexibility index (Phi) is 41.9. The van der Waals surface area contributed by atoms with Crippen molar-refractivity contribution in [1.29, 1.82) is 0 Å². The number of hydrogen-bond donors (Lipinski definition) is 0. The summed E-state index contributed by atoms with van der Waals surface area (Å²) >= 11 is 0. The van der Waals surface area contributed by atoms with Gasteiger partial charge in [-0.3, -0.25) is 0 Å². The van der Waals surface area contributed by atoms with Crippen LogP contribution in [-0.4, -0.2) is 63.7 Å². The molecule has 0 radical (unpaired) electrons. The first-order valence-electron chi connectivity index (χ1n) is 31.9. The van der Waals surface area contributed by atoms with E-state index in [0.29, 0.717) is 34.7 Å². The summed E-state index contributed by atoms with van der Waals surface area (Å²) in [6.45, 7) is 9.02. The molecule has 9 heteroatoms. The molecule has 0 saturated carbocycles. The Morgan fingerprint density at radius 2 is 0.506 bits per heavy atom. The van der Waals surface area contributed by atoms with Crippen molar-refractivity contribution in [3.63, 3.8) is 0 Å². The zero-order chi connectivity index (χ0) is 55.0. The summed E-state index contributed by atoms with van der Waals surface area (Å²) in [5.41, 5.74) is 3.84. The molecule has 0 atom stereocenters. The summed E-state index contributed by atoms with van der Waals surface area (Å²) < 4.78 is 73.5. The van der Waals surface area contributed by atoms with E-state index in [9.17, 15) is 25.9 Å². The first kappa shape index (κ1) is 71.6. The molecule has 0 amide bonds. The second-order valence-electron chi connectivity index (χ2n) is 22.9. The Hall–Kier alpha value is -1.52. The molecular formula is C68H110CaO6S2. The average Bonchev–Trinajstić information content (AvgIpc) is 3.40.